The average molecular weight is 368 g/mol. The lowest BCUT2D eigenvalue weighted by Gasteiger charge is -2.19. The third-order valence-electron chi connectivity index (χ3n) is 3.47. The normalized spacial score (nSPS) is 13.9. The Hall–Kier alpha value is -1.40. The number of thiophene rings is 1. The summed E-state index contributed by atoms with van der Waals surface area (Å²) in [5.41, 5.74) is 0.973. The molecule has 2 atom stereocenters. The van der Waals surface area contributed by atoms with Crippen molar-refractivity contribution in [2.75, 3.05) is 0 Å². The third kappa shape index (κ3) is 3.75. The van der Waals surface area contributed by atoms with Gasteiger partial charge in [0, 0.05) is 16.1 Å². The van der Waals surface area contributed by atoms with E-state index in [-0.39, 0.29) is 12.1 Å². The Morgan fingerprint density at radius 3 is 2.65 bits per heavy atom. The van der Waals surface area contributed by atoms with E-state index in [0.29, 0.717) is 21.8 Å². The van der Waals surface area contributed by atoms with Crippen LogP contribution in [-0.4, -0.2) is 10.2 Å². The van der Waals surface area contributed by atoms with Crippen molar-refractivity contribution in [1.82, 2.24) is 15.5 Å². The van der Waals surface area contributed by atoms with Gasteiger partial charge >= 0.3 is 0 Å². The van der Waals surface area contributed by atoms with Crippen LogP contribution in [0.4, 0.5) is 0 Å². The van der Waals surface area contributed by atoms with Crippen LogP contribution >= 0.6 is 34.5 Å². The molecule has 2 aromatic heterocycles. The SMILES string of the molecule is C[C@H](N[C@H](C)c1nnc(-c2cccs2)o1)c1ccc(Cl)cc1Cl. The van der Waals surface area contributed by atoms with Gasteiger partial charge in [-0.15, -0.1) is 21.5 Å². The molecule has 3 rings (SSSR count). The molecule has 0 radical (unpaired) electrons. The third-order valence-corrected chi connectivity index (χ3v) is 4.89. The lowest BCUT2D eigenvalue weighted by atomic mass is 10.1. The van der Waals surface area contributed by atoms with Crippen molar-refractivity contribution in [1.29, 1.82) is 0 Å². The maximum Gasteiger partial charge on any atom is 0.257 e. The summed E-state index contributed by atoms with van der Waals surface area (Å²) in [4.78, 5) is 0.963. The van der Waals surface area contributed by atoms with Crippen LogP contribution in [0.15, 0.2) is 40.1 Å². The smallest absolute Gasteiger partial charge is 0.257 e. The van der Waals surface area contributed by atoms with Gasteiger partial charge in [0.1, 0.15) is 0 Å². The highest BCUT2D eigenvalue weighted by Gasteiger charge is 2.19. The molecular weight excluding hydrogens is 353 g/mol. The fraction of sp³-hybridized carbons (Fsp3) is 0.250. The molecule has 1 N–H and O–H groups in total. The van der Waals surface area contributed by atoms with E-state index in [0.717, 1.165) is 10.4 Å². The second kappa shape index (κ2) is 7.01. The van der Waals surface area contributed by atoms with Gasteiger partial charge in [-0.2, -0.15) is 0 Å². The molecule has 120 valence electrons. The highest BCUT2D eigenvalue weighted by Crippen LogP contribution is 2.29. The maximum atomic E-state index is 6.25. The molecule has 23 heavy (non-hydrogen) atoms. The lowest BCUT2D eigenvalue weighted by molar-refractivity contribution is 0.395. The van der Waals surface area contributed by atoms with E-state index < -0.39 is 0 Å². The first-order chi connectivity index (χ1) is 11.0. The van der Waals surface area contributed by atoms with E-state index in [1.807, 2.05) is 43.5 Å². The molecule has 0 amide bonds. The highest BCUT2D eigenvalue weighted by atomic mass is 35.5. The summed E-state index contributed by atoms with van der Waals surface area (Å²) in [5.74, 6) is 1.09. The van der Waals surface area contributed by atoms with Crippen LogP contribution in [0.2, 0.25) is 10.0 Å². The molecule has 1 aromatic carbocycles. The topological polar surface area (TPSA) is 51.0 Å². The molecule has 0 saturated carbocycles. The zero-order valence-corrected chi connectivity index (χ0v) is 14.9. The molecule has 0 aliphatic carbocycles. The second-order valence-electron chi connectivity index (χ2n) is 5.20. The molecule has 2 heterocycles. The summed E-state index contributed by atoms with van der Waals surface area (Å²) in [6, 6.07) is 9.31. The molecule has 0 bridgehead atoms. The average Bonchev–Trinajstić information content (AvgIpc) is 3.18. The maximum absolute atomic E-state index is 6.25. The molecule has 7 heteroatoms. The minimum absolute atomic E-state index is 0.0202. The first-order valence-electron chi connectivity index (χ1n) is 7.13. The Kier molecular flexibility index (Phi) is 5.02. The van der Waals surface area contributed by atoms with Gasteiger partial charge in [-0.3, -0.25) is 5.32 Å². The van der Waals surface area contributed by atoms with E-state index in [2.05, 4.69) is 15.5 Å². The Morgan fingerprint density at radius 1 is 1.13 bits per heavy atom. The molecule has 0 aliphatic heterocycles. The van der Waals surface area contributed by atoms with Crippen molar-refractivity contribution >= 4 is 34.5 Å². The number of nitrogens with zero attached hydrogens (tertiary/aromatic N) is 2. The lowest BCUT2D eigenvalue weighted by Crippen LogP contribution is -2.23. The Balaban J connectivity index is 1.72. The van der Waals surface area contributed by atoms with E-state index in [9.17, 15) is 0 Å². The number of benzene rings is 1. The molecule has 4 nitrogen and oxygen atoms in total. The quantitative estimate of drug-likeness (QED) is 0.645. The van der Waals surface area contributed by atoms with Crippen LogP contribution in [0.25, 0.3) is 10.8 Å². The number of hydrogen-bond donors (Lipinski definition) is 1. The highest BCUT2D eigenvalue weighted by molar-refractivity contribution is 7.13. The minimum Gasteiger partial charge on any atom is -0.418 e. The van der Waals surface area contributed by atoms with Gasteiger partial charge in [0.25, 0.3) is 5.89 Å². The summed E-state index contributed by atoms with van der Waals surface area (Å²) in [6.45, 7) is 4.01. The molecule has 0 unspecified atom stereocenters. The largest absolute Gasteiger partial charge is 0.418 e. The number of rotatable bonds is 5. The van der Waals surface area contributed by atoms with Gasteiger partial charge in [0.05, 0.1) is 10.9 Å². The number of halogens is 2. The summed E-state index contributed by atoms with van der Waals surface area (Å²) in [7, 11) is 0. The Morgan fingerprint density at radius 2 is 1.96 bits per heavy atom. The van der Waals surface area contributed by atoms with E-state index >= 15 is 0 Å². The number of aromatic nitrogens is 2. The standard InChI is InChI=1S/C16H15Cl2N3OS/c1-9(12-6-5-11(17)8-13(12)18)19-10(2)15-20-21-16(22-15)14-4-3-7-23-14/h3-10,19H,1-2H3/t9-,10+/m0/s1. The van der Waals surface area contributed by atoms with E-state index in [1.165, 1.54) is 0 Å². The summed E-state index contributed by atoms with van der Waals surface area (Å²) < 4.78 is 5.75. The van der Waals surface area contributed by atoms with Gasteiger partial charge in [-0.25, -0.2) is 0 Å². The van der Waals surface area contributed by atoms with Gasteiger partial charge < -0.3 is 4.42 Å². The van der Waals surface area contributed by atoms with Crippen LogP contribution in [0.3, 0.4) is 0 Å². The molecule has 0 spiro atoms. The fourth-order valence-corrected chi connectivity index (χ4v) is 3.51. The zero-order chi connectivity index (χ0) is 16.4. The van der Waals surface area contributed by atoms with Crippen molar-refractivity contribution in [3.63, 3.8) is 0 Å². The van der Waals surface area contributed by atoms with Gasteiger partial charge in [-0.05, 0) is 43.0 Å². The van der Waals surface area contributed by atoms with Crippen molar-refractivity contribution in [3.8, 4) is 10.8 Å². The second-order valence-corrected chi connectivity index (χ2v) is 6.99. The van der Waals surface area contributed by atoms with Gasteiger partial charge in [0.2, 0.25) is 5.89 Å². The van der Waals surface area contributed by atoms with Crippen LogP contribution in [0.5, 0.6) is 0 Å². The molecule has 3 aromatic rings. The predicted molar refractivity (Wildman–Crippen MR) is 94.0 cm³/mol. The van der Waals surface area contributed by atoms with Crippen LogP contribution in [0.1, 0.15) is 37.4 Å². The molecular formula is C16H15Cl2N3OS. The van der Waals surface area contributed by atoms with Crippen LogP contribution in [0, 0.1) is 0 Å². The molecule has 0 fully saturated rings. The first kappa shape index (κ1) is 16.5. The zero-order valence-electron chi connectivity index (χ0n) is 12.6. The molecule has 0 aliphatic rings. The predicted octanol–water partition coefficient (Wildman–Crippen LogP) is 5.52. The Bertz CT molecular complexity index is 788. The first-order valence-corrected chi connectivity index (χ1v) is 8.76. The van der Waals surface area contributed by atoms with Crippen molar-refractivity contribution < 1.29 is 4.42 Å². The molecule has 0 saturated heterocycles. The van der Waals surface area contributed by atoms with Crippen molar-refractivity contribution in [2.24, 2.45) is 0 Å². The van der Waals surface area contributed by atoms with Gasteiger partial charge in [0.15, 0.2) is 0 Å². The summed E-state index contributed by atoms with van der Waals surface area (Å²) >= 11 is 13.8. The summed E-state index contributed by atoms with van der Waals surface area (Å²) in [5, 5.41) is 14.9. The summed E-state index contributed by atoms with van der Waals surface area (Å²) in [6.07, 6.45) is 0. The van der Waals surface area contributed by atoms with Crippen molar-refractivity contribution in [3.05, 3.63) is 57.2 Å². The van der Waals surface area contributed by atoms with Crippen LogP contribution in [-0.2, 0) is 0 Å². The van der Waals surface area contributed by atoms with E-state index in [1.54, 1.807) is 17.4 Å². The van der Waals surface area contributed by atoms with Crippen molar-refractivity contribution in [2.45, 2.75) is 25.9 Å². The minimum atomic E-state index is -0.0991. The van der Waals surface area contributed by atoms with Gasteiger partial charge in [-0.1, -0.05) is 35.3 Å². The van der Waals surface area contributed by atoms with Crippen LogP contribution < -0.4 is 5.32 Å². The number of nitrogens with one attached hydrogen (secondary N) is 1. The Labute approximate surface area is 148 Å². The van der Waals surface area contributed by atoms with E-state index in [4.69, 9.17) is 27.6 Å². The number of hydrogen-bond acceptors (Lipinski definition) is 5. The fourth-order valence-electron chi connectivity index (χ4n) is 2.30. The monoisotopic (exact) mass is 367 g/mol.